The summed E-state index contributed by atoms with van der Waals surface area (Å²) in [5, 5.41) is 0. The number of benzene rings is 2. The number of carbonyl (C=O) groups excluding carboxylic acids is 4. The third-order valence-electron chi connectivity index (χ3n) is 4.45. The van der Waals surface area contributed by atoms with Crippen LogP contribution in [-0.2, 0) is 9.59 Å². The van der Waals surface area contributed by atoms with Crippen molar-refractivity contribution in [3.8, 4) is 0 Å². The molecule has 0 saturated heterocycles. The van der Waals surface area contributed by atoms with E-state index in [0.717, 1.165) is 11.1 Å². The van der Waals surface area contributed by atoms with Crippen LogP contribution in [0.15, 0.2) is 24.3 Å². The van der Waals surface area contributed by atoms with E-state index in [-0.39, 0.29) is 0 Å². The number of ketones is 2. The van der Waals surface area contributed by atoms with Gasteiger partial charge in [-0.1, -0.05) is 35.4 Å². The summed E-state index contributed by atoms with van der Waals surface area (Å²) >= 11 is 0. The number of aryl methyl sites for hydroxylation is 6. The average molecular weight is 382 g/mol. The van der Waals surface area contributed by atoms with Crippen molar-refractivity contribution in [3.63, 3.8) is 0 Å². The Morgan fingerprint density at radius 2 is 0.815 bits per heavy atom. The summed E-state index contributed by atoms with van der Waals surface area (Å²) < 4.78 is 0. The number of rotatable bonds is 6. The predicted molar refractivity (Wildman–Crippen MR) is 108 cm³/mol. The molecule has 140 valence electrons. The summed E-state index contributed by atoms with van der Waals surface area (Å²) in [5.74, 6) is -1.41. The van der Waals surface area contributed by atoms with E-state index in [1.807, 2.05) is 38.1 Å². The minimum atomic E-state index is -1.01. The van der Waals surface area contributed by atoms with Gasteiger partial charge in [0.05, 0.1) is 0 Å². The lowest BCUT2D eigenvalue weighted by Crippen LogP contribution is -2.19. The first-order valence-corrected chi connectivity index (χ1v) is 9.63. The van der Waals surface area contributed by atoms with Crippen LogP contribution in [0.1, 0.15) is 54.1 Å². The second-order valence-corrected chi connectivity index (χ2v) is 8.15. The molecule has 0 radical (unpaired) electrons. The molecule has 0 heterocycles. The Balaban J connectivity index is 2.25. The van der Waals surface area contributed by atoms with Crippen LogP contribution in [0.5, 0.6) is 0 Å². The Hall–Kier alpha value is -2.45. The van der Waals surface area contributed by atoms with Gasteiger partial charge < -0.3 is 0 Å². The molecule has 0 aromatic heterocycles. The molecule has 0 N–H and O–H groups in total. The van der Waals surface area contributed by atoms with Crippen molar-refractivity contribution in [1.82, 2.24) is 0 Å². The van der Waals surface area contributed by atoms with Crippen molar-refractivity contribution in [3.05, 3.63) is 68.8 Å². The zero-order valence-electron chi connectivity index (χ0n) is 16.4. The van der Waals surface area contributed by atoms with Gasteiger partial charge in [0.1, 0.15) is 0 Å². The quantitative estimate of drug-likeness (QED) is 0.424. The van der Waals surface area contributed by atoms with E-state index in [9.17, 15) is 19.2 Å². The molecule has 0 aliphatic rings. The second-order valence-electron chi connectivity index (χ2n) is 6.99. The molecular formula is C22H23O4P. The van der Waals surface area contributed by atoms with Crippen molar-refractivity contribution < 1.29 is 19.2 Å². The topological polar surface area (TPSA) is 68.3 Å². The van der Waals surface area contributed by atoms with Crippen LogP contribution in [0.4, 0.5) is 0 Å². The second kappa shape index (κ2) is 8.06. The molecule has 2 aromatic rings. The highest BCUT2D eigenvalue weighted by Crippen LogP contribution is 2.26. The molecule has 0 unspecified atom stereocenters. The lowest BCUT2D eigenvalue weighted by molar-refractivity contribution is -0.110. The summed E-state index contributed by atoms with van der Waals surface area (Å²) in [5.41, 5.74) is 3.75. The number of hydrogen-bond acceptors (Lipinski definition) is 4. The van der Waals surface area contributed by atoms with Gasteiger partial charge in [-0.3, -0.25) is 19.2 Å². The van der Waals surface area contributed by atoms with Gasteiger partial charge in [0.25, 0.3) is 0 Å². The van der Waals surface area contributed by atoms with Crippen LogP contribution < -0.4 is 0 Å². The van der Waals surface area contributed by atoms with E-state index in [1.165, 1.54) is 0 Å². The van der Waals surface area contributed by atoms with Gasteiger partial charge in [0, 0.05) is 19.7 Å². The molecule has 0 spiro atoms. The fraction of sp³-hybridized carbons (Fsp3) is 0.273. The fourth-order valence-corrected chi connectivity index (χ4v) is 4.20. The molecule has 0 fully saturated rings. The molecule has 0 saturated carbocycles. The van der Waals surface area contributed by atoms with Crippen molar-refractivity contribution in [2.24, 2.45) is 0 Å². The van der Waals surface area contributed by atoms with Gasteiger partial charge >= 0.3 is 0 Å². The first-order chi connectivity index (χ1) is 12.5. The van der Waals surface area contributed by atoms with Crippen LogP contribution in [0.3, 0.4) is 0 Å². The van der Waals surface area contributed by atoms with E-state index in [2.05, 4.69) is 0 Å². The average Bonchev–Trinajstić information content (AvgIpc) is 2.52. The molecule has 0 atom stereocenters. The lowest BCUT2D eigenvalue weighted by atomic mass is 9.97. The fourth-order valence-electron chi connectivity index (χ4n) is 3.52. The molecule has 0 amide bonds. The van der Waals surface area contributed by atoms with E-state index in [0.29, 0.717) is 33.4 Å². The highest BCUT2D eigenvalue weighted by molar-refractivity contribution is 7.79. The van der Waals surface area contributed by atoms with Gasteiger partial charge in [-0.2, -0.15) is 0 Å². The smallest absolute Gasteiger partial charge is 0.233 e. The SMILES string of the molecule is Cc1cc(C)c(C(=O)C(=O)PC(=O)C(=O)c2c(C)cc(C)cc2C)c(C)c1. The van der Waals surface area contributed by atoms with E-state index in [1.54, 1.807) is 27.7 Å². The van der Waals surface area contributed by atoms with E-state index in [4.69, 9.17) is 0 Å². The maximum absolute atomic E-state index is 12.6. The highest BCUT2D eigenvalue weighted by Gasteiger charge is 2.28. The zero-order valence-corrected chi connectivity index (χ0v) is 17.4. The Morgan fingerprint density at radius 1 is 0.556 bits per heavy atom. The van der Waals surface area contributed by atoms with E-state index < -0.39 is 31.2 Å². The van der Waals surface area contributed by atoms with Crippen molar-refractivity contribution in [2.45, 2.75) is 41.5 Å². The zero-order chi connectivity index (χ0) is 20.5. The Morgan fingerprint density at radius 3 is 1.07 bits per heavy atom. The number of carbonyl (C=O) groups is 4. The van der Waals surface area contributed by atoms with Gasteiger partial charge in [-0.15, -0.1) is 0 Å². The molecule has 4 nitrogen and oxygen atoms in total. The van der Waals surface area contributed by atoms with E-state index >= 15 is 0 Å². The molecule has 2 aromatic carbocycles. The molecule has 0 aliphatic heterocycles. The first kappa shape index (κ1) is 20.9. The summed E-state index contributed by atoms with van der Waals surface area (Å²) in [7, 11) is -1.01. The monoisotopic (exact) mass is 382 g/mol. The Bertz CT molecular complexity index is 860. The normalized spacial score (nSPS) is 10.6. The Kier molecular flexibility index (Phi) is 6.22. The first-order valence-electron chi connectivity index (χ1n) is 8.63. The standard InChI is InChI=1S/C22H23O4P/c1-11-7-13(3)17(14(4)8-11)19(23)21(25)27-22(26)20(24)18-15(5)9-12(2)10-16(18)6/h7-10,27H,1-6H3. The summed E-state index contributed by atoms with van der Waals surface area (Å²) in [4.78, 5) is 49.9. The maximum Gasteiger partial charge on any atom is 0.233 e. The third-order valence-corrected chi connectivity index (χ3v) is 5.36. The predicted octanol–water partition coefficient (Wildman–Crippen LogP) is 4.33. The van der Waals surface area contributed by atoms with Crippen LogP contribution >= 0.6 is 8.58 Å². The largest absolute Gasteiger partial charge is 0.285 e. The van der Waals surface area contributed by atoms with Crippen molar-refractivity contribution >= 4 is 31.2 Å². The number of hydrogen-bond donors (Lipinski definition) is 0. The van der Waals surface area contributed by atoms with Crippen LogP contribution in [0.25, 0.3) is 0 Å². The van der Waals surface area contributed by atoms with Gasteiger partial charge in [0.15, 0.2) is 0 Å². The minimum Gasteiger partial charge on any atom is -0.285 e. The van der Waals surface area contributed by atoms with Crippen LogP contribution in [-0.4, -0.2) is 22.6 Å². The maximum atomic E-state index is 12.6. The molecule has 0 aliphatic carbocycles. The van der Waals surface area contributed by atoms with Crippen molar-refractivity contribution in [1.29, 1.82) is 0 Å². The van der Waals surface area contributed by atoms with Crippen molar-refractivity contribution in [2.75, 3.05) is 0 Å². The molecular weight excluding hydrogens is 359 g/mol. The van der Waals surface area contributed by atoms with Crippen LogP contribution in [0, 0.1) is 41.5 Å². The highest BCUT2D eigenvalue weighted by atomic mass is 31.1. The summed E-state index contributed by atoms with van der Waals surface area (Å²) in [6, 6.07) is 7.29. The van der Waals surface area contributed by atoms with Gasteiger partial charge in [-0.05, 0) is 63.8 Å². The minimum absolute atomic E-state index is 0.320. The van der Waals surface area contributed by atoms with Crippen LogP contribution in [0.2, 0.25) is 0 Å². The molecule has 5 heteroatoms. The molecule has 27 heavy (non-hydrogen) atoms. The molecule has 2 rings (SSSR count). The van der Waals surface area contributed by atoms with Gasteiger partial charge in [-0.25, -0.2) is 0 Å². The number of Topliss-reactive ketones (excluding diaryl/α,β-unsaturated/α-hetero) is 2. The van der Waals surface area contributed by atoms with Gasteiger partial charge in [0.2, 0.25) is 22.6 Å². The molecule has 0 bridgehead atoms. The Labute approximate surface area is 161 Å². The summed E-state index contributed by atoms with van der Waals surface area (Å²) in [6.45, 7) is 10.9. The summed E-state index contributed by atoms with van der Waals surface area (Å²) in [6.07, 6.45) is 0. The lowest BCUT2D eigenvalue weighted by Gasteiger charge is -2.11. The third kappa shape index (κ3) is 4.45.